The van der Waals surface area contributed by atoms with E-state index in [4.69, 9.17) is 0 Å². The minimum atomic E-state index is -8.01. The molecule has 2 atom stereocenters. The van der Waals surface area contributed by atoms with Gasteiger partial charge < -0.3 is 4.90 Å². The minimum absolute atomic E-state index is 0.371. The van der Waals surface area contributed by atoms with Crippen molar-refractivity contribution in [2.24, 2.45) is 0 Å². The summed E-state index contributed by atoms with van der Waals surface area (Å²) in [7, 11) is 0. The molecule has 0 radical (unpaired) electrons. The first-order valence-electron chi connectivity index (χ1n) is 8.00. The minimum Gasteiger partial charge on any atom is -0.338 e. The quantitative estimate of drug-likeness (QED) is 0.344. The lowest BCUT2D eigenvalue weighted by atomic mass is 10.2. The number of hydrogen-bond acceptors (Lipinski definition) is 3. The van der Waals surface area contributed by atoms with Crippen LogP contribution in [-0.2, 0) is 14.3 Å². The van der Waals surface area contributed by atoms with Crippen molar-refractivity contribution in [2.75, 3.05) is 13.1 Å². The Hall–Kier alpha value is -1.80. The molecule has 1 amide bonds. The van der Waals surface area contributed by atoms with E-state index in [0.717, 1.165) is 13.8 Å². The fourth-order valence-corrected chi connectivity index (χ4v) is 1.87. The average molecular weight is 551 g/mol. The molecule has 0 aliphatic carbocycles. The Labute approximate surface area is 176 Å². The lowest BCUT2D eigenvalue weighted by Crippen LogP contribution is -2.69. The van der Waals surface area contributed by atoms with Crippen molar-refractivity contribution >= 4 is 5.91 Å². The van der Waals surface area contributed by atoms with Gasteiger partial charge in [-0.25, -0.2) is 0 Å². The van der Waals surface area contributed by atoms with Crippen LogP contribution in [-0.4, -0.2) is 72.3 Å². The molecule has 0 saturated carbocycles. The Morgan fingerprint density at radius 2 is 0.971 bits per heavy atom. The molecule has 0 spiro atoms. The standard InChI is InChI=1S/C13H10F17NO3/c1-3-31(4-2)5(32)6(14,9(18,19)20)33-13(29,30)8(17,11(24,25)26)34-12(27,28)7(15,16)10(21,22)23/h3-4H2,1-2H3. The summed E-state index contributed by atoms with van der Waals surface area (Å²) >= 11 is 0. The van der Waals surface area contributed by atoms with Crippen LogP contribution in [0.1, 0.15) is 13.8 Å². The van der Waals surface area contributed by atoms with E-state index in [9.17, 15) is 79.4 Å². The zero-order valence-electron chi connectivity index (χ0n) is 16.0. The van der Waals surface area contributed by atoms with E-state index in [1.807, 2.05) is 4.74 Å². The predicted octanol–water partition coefficient (Wildman–Crippen LogP) is 5.73. The first-order chi connectivity index (χ1) is 14.6. The second-order valence-corrected chi connectivity index (χ2v) is 5.97. The maximum atomic E-state index is 14.3. The third-order valence-electron chi connectivity index (χ3n) is 3.69. The number of carbonyl (C=O) groups excluding carboxylic acids is 1. The fourth-order valence-electron chi connectivity index (χ4n) is 1.87. The van der Waals surface area contributed by atoms with Gasteiger partial charge in [-0.2, -0.15) is 74.6 Å². The van der Waals surface area contributed by atoms with E-state index in [-0.39, 0.29) is 4.90 Å². The molecule has 204 valence electrons. The topological polar surface area (TPSA) is 38.8 Å². The number of rotatable bonds is 9. The van der Waals surface area contributed by atoms with Crippen LogP contribution in [0.4, 0.5) is 74.6 Å². The number of hydrogen-bond donors (Lipinski definition) is 0. The lowest BCUT2D eigenvalue weighted by Gasteiger charge is -2.40. The molecule has 0 heterocycles. The maximum Gasteiger partial charge on any atom is 0.462 e. The Balaban J connectivity index is 6.85. The summed E-state index contributed by atoms with van der Waals surface area (Å²) in [5.74, 6) is -25.8. The van der Waals surface area contributed by atoms with Crippen LogP contribution in [0.3, 0.4) is 0 Å². The fraction of sp³-hybridized carbons (Fsp3) is 0.923. The summed E-state index contributed by atoms with van der Waals surface area (Å²) in [6.45, 7) is -0.459. The van der Waals surface area contributed by atoms with Gasteiger partial charge in [-0.05, 0) is 13.8 Å². The Morgan fingerprint density at radius 1 is 0.588 bits per heavy atom. The van der Waals surface area contributed by atoms with Crippen LogP contribution >= 0.6 is 0 Å². The molecule has 34 heavy (non-hydrogen) atoms. The van der Waals surface area contributed by atoms with E-state index >= 15 is 0 Å². The van der Waals surface area contributed by atoms with Gasteiger partial charge in [0.1, 0.15) is 0 Å². The largest absolute Gasteiger partial charge is 0.462 e. The van der Waals surface area contributed by atoms with Crippen LogP contribution in [0.15, 0.2) is 0 Å². The molecular formula is C13H10F17NO3. The van der Waals surface area contributed by atoms with Gasteiger partial charge in [-0.15, -0.1) is 0 Å². The summed E-state index contributed by atoms with van der Waals surface area (Å²) in [6.07, 6.45) is -38.3. The number of nitrogens with zero attached hydrogens (tertiary/aromatic N) is 1. The molecule has 0 aromatic carbocycles. The third-order valence-corrected chi connectivity index (χ3v) is 3.69. The molecule has 2 unspecified atom stereocenters. The Bertz CT molecular complexity index is 726. The first kappa shape index (κ1) is 32.2. The number of ether oxygens (including phenoxy) is 2. The second kappa shape index (κ2) is 9.01. The number of amides is 1. The van der Waals surface area contributed by atoms with Gasteiger partial charge in [0, 0.05) is 13.1 Å². The number of carbonyl (C=O) groups is 1. The zero-order chi connectivity index (χ0) is 28.0. The van der Waals surface area contributed by atoms with Crippen molar-refractivity contribution in [1.29, 1.82) is 0 Å². The molecule has 0 rings (SSSR count). The van der Waals surface area contributed by atoms with E-state index in [1.54, 1.807) is 0 Å². The van der Waals surface area contributed by atoms with E-state index in [2.05, 4.69) is 0 Å². The van der Waals surface area contributed by atoms with Crippen molar-refractivity contribution in [3.8, 4) is 0 Å². The first-order valence-corrected chi connectivity index (χ1v) is 8.00. The van der Waals surface area contributed by atoms with Crippen molar-refractivity contribution in [1.82, 2.24) is 4.90 Å². The molecular weight excluding hydrogens is 541 g/mol. The lowest BCUT2D eigenvalue weighted by molar-refractivity contribution is -0.548. The molecule has 0 N–H and O–H groups in total. The Morgan fingerprint density at radius 3 is 1.24 bits per heavy atom. The van der Waals surface area contributed by atoms with Gasteiger partial charge in [0.25, 0.3) is 5.91 Å². The van der Waals surface area contributed by atoms with Crippen molar-refractivity contribution < 1.29 is 88.9 Å². The van der Waals surface area contributed by atoms with Crippen LogP contribution in [0.2, 0.25) is 0 Å². The van der Waals surface area contributed by atoms with Crippen molar-refractivity contribution in [3.05, 3.63) is 0 Å². The number of alkyl halides is 17. The molecule has 0 aliphatic heterocycles. The zero-order valence-corrected chi connectivity index (χ0v) is 16.0. The molecule has 0 fully saturated rings. The predicted molar refractivity (Wildman–Crippen MR) is 70.8 cm³/mol. The summed E-state index contributed by atoms with van der Waals surface area (Å²) in [5.41, 5.74) is 0. The highest BCUT2D eigenvalue weighted by atomic mass is 19.4. The van der Waals surface area contributed by atoms with Gasteiger partial charge in [-0.3, -0.25) is 14.3 Å². The van der Waals surface area contributed by atoms with E-state index in [1.165, 1.54) is 4.74 Å². The Kier molecular flexibility index (Phi) is 8.53. The molecule has 0 aromatic heterocycles. The van der Waals surface area contributed by atoms with Crippen molar-refractivity contribution in [2.45, 2.75) is 62.2 Å². The summed E-state index contributed by atoms with van der Waals surface area (Å²) in [4.78, 5) is 11.2. The van der Waals surface area contributed by atoms with Gasteiger partial charge in [0.2, 0.25) is 0 Å². The summed E-state index contributed by atoms with van der Waals surface area (Å²) < 4.78 is 224. The molecule has 0 aliphatic rings. The van der Waals surface area contributed by atoms with Crippen LogP contribution in [0.25, 0.3) is 0 Å². The van der Waals surface area contributed by atoms with E-state index < -0.39 is 67.4 Å². The summed E-state index contributed by atoms with van der Waals surface area (Å²) in [6, 6.07) is 0. The smallest absolute Gasteiger partial charge is 0.338 e. The molecule has 0 saturated heterocycles. The molecule has 0 aromatic rings. The van der Waals surface area contributed by atoms with Gasteiger partial charge in [0.15, 0.2) is 0 Å². The van der Waals surface area contributed by atoms with Crippen LogP contribution in [0, 0.1) is 0 Å². The highest BCUT2D eigenvalue weighted by Crippen LogP contribution is 2.56. The highest BCUT2D eigenvalue weighted by Gasteiger charge is 2.85. The SMILES string of the molecule is CCN(CC)C(=O)C(F)(OC(F)(F)C(F)(OC(F)(F)C(F)(F)C(F)(F)F)C(F)(F)F)C(F)(F)F. The monoisotopic (exact) mass is 551 g/mol. The second-order valence-electron chi connectivity index (χ2n) is 5.97. The van der Waals surface area contributed by atoms with E-state index in [0.29, 0.717) is 0 Å². The maximum absolute atomic E-state index is 14.3. The number of likely N-dealkylation sites (N-methyl/N-ethyl adjacent to an activating group) is 1. The normalized spacial score (nSPS) is 18.3. The average Bonchev–Trinajstić information content (AvgIpc) is 2.58. The molecule has 0 bridgehead atoms. The van der Waals surface area contributed by atoms with Crippen LogP contribution in [0.5, 0.6) is 0 Å². The van der Waals surface area contributed by atoms with Gasteiger partial charge in [0.05, 0.1) is 0 Å². The van der Waals surface area contributed by atoms with Crippen LogP contribution < -0.4 is 0 Å². The molecule has 21 heteroatoms. The third kappa shape index (κ3) is 5.38. The summed E-state index contributed by atoms with van der Waals surface area (Å²) in [5, 5.41) is 0. The van der Waals surface area contributed by atoms with Crippen molar-refractivity contribution in [3.63, 3.8) is 0 Å². The van der Waals surface area contributed by atoms with Gasteiger partial charge >= 0.3 is 48.4 Å². The van der Waals surface area contributed by atoms with Gasteiger partial charge in [-0.1, -0.05) is 0 Å². The number of halogens is 17. The molecule has 4 nitrogen and oxygen atoms in total. The highest BCUT2D eigenvalue weighted by molar-refractivity contribution is 5.84.